The van der Waals surface area contributed by atoms with Crippen molar-refractivity contribution in [3.05, 3.63) is 83.8 Å². The van der Waals surface area contributed by atoms with Gasteiger partial charge in [0.15, 0.2) is 5.82 Å². The van der Waals surface area contributed by atoms with Crippen LogP contribution in [0.3, 0.4) is 0 Å². The van der Waals surface area contributed by atoms with E-state index >= 15 is 0 Å². The smallest absolute Gasteiger partial charge is 0.229 e. The number of carbonyl (C=O) groups is 1. The highest BCUT2D eigenvalue weighted by Gasteiger charge is 2.43. The number of anilines is 1. The van der Waals surface area contributed by atoms with Crippen molar-refractivity contribution in [1.29, 1.82) is 0 Å². The van der Waals surface area contributed by atoms with E-state index in [4.69, 9.17) is 0 Å². The van der Waals surface area contributed by atoms with E-state index in [1.54, 1.807) is 35.1 Å². The van der Waals surface area contributed by atoms with Crippen LogP contribution in [0.25, 0.3) is 0 Å². The number of nitrogens with one attached hydrogen (secondary N) is 1. The Balaban J connectivity index is 1.37. The van der Waals surface area contributed by atoms with Gasteiger partial charge in [-0.2, -0.15) is 5.10 Å². The van der Waals surface area contributed by atoms with Crippen molar-refractivity contribution in [3.8, 4) is 0 Å². The second kappa shape index (κ2) is 6.51. The first-order valence-electron chi connectivity index (χ1n) is 8.33. The summed E-state index contributed by atoms with van der Waals surface area (Å²) in [7, 11) is 0. The summed E-state index contributed by atoms with van der Waals surface area (Å²) in [4.78, 5) is 12.4. The van der Waals surface area contributed by atoms with E-state index in [-0.39, 0.29) is 17.6 Å². The third-order valence-corrected chi connectivity index (χ3v) is 4.54. The lowest BCUT2D eigenvalue weighted by molar-refractivity contribution is -0.117. The van der Waals surface area contributed by atoms with Gasteiger partial charge in [0.2, 0.25) is 5.91 Å². The molecule has 3 aromatic rings. The molecular weight excluding hydrogens is 317 g/mol. The van der Waals surface area contributed by atoms with E-state index in [0.29, 0.717) is 23.8 Å². The van der Waals surface area contributed by atoms with Crippen LogP contribution in [0.2, 0.25) is 0 Å². The van der Waals surface area contributed by atoms with Crippen molar-refractivity contribution in [3.63, 3.8) is 0 Å². The lowest BCUT2D eigenvalue weighted by Crippen LogP contribution is -2.15. The van der Waals surface area contributed by atoms with Crippen LogP contribution in [0.1, 0.15) is 23.5 Å². The molecular formula is C20H18FN3O. The molecule has 4 rings (SSSR count). The minimum Gasteiger partial charge on any atom is -0.309 e. The summed E-state index contributed by atoms with van der Waals surface area (Å²) in [6.45, 7) is 0.332. The molecule has 1 fully saturated rings. The fourth-order valence-electron chi connectivity index (χ4n) is 3.09. The van der Waals surface area contributed by atoms with Gasteiger partial charge < -0.3 is 5.32 Å². The number of halogens is 1. The standard InChI is InChI=1S/C20H18FN3O/c21-18-9-5-4-8-15(18)13-24-11-10-19(23-24)22-20(25)17-12-16(17)14-6-2-1-3-7-14/h1-11,16-17H,12-13H2,(H,22,23,25). The number of nitrogens with zero attached hydrogens (tertiary/aromatic N) is 2. The van der Waals surface area contributed by atoms with Crippen molar-refractivity contribution in [2.24, 2.45) is 5.92 Å². The minimum absolute atomic E-state index is 0.000817. The first-order valence-corrected chi connectivity index (χ1v) is 8.33. The van der Waals surface area contributed by atoms with Gasteiger partial charge in [-0.25, -0.2) is 4.39 Å². The molecule has 126 valence electrons. The summed E-state index contributed by atoms with van der Waals surface area (Å²) in [5, 5.41) is 7.17. The predicted octanol–water partition coefficient (Wildman–Crippen LogP) is 3.81. The molecule has 2 atom stereocenters. The Hall–Kier alpha value is -2.95. The maximum atomic E-state index is 13.7. The monoisotopic (exact) mass is 335 g/mol. The van der Waals surface area contributed by atoms with E-state index in [0.717, 1.165) is 6.42 Å². The van der Waals surface area contributed by atoms with Crippen LogP contribution < -0.4 is 5.32 Å². The summed E-state index contributed by atoms with van der Waals surface area (Å²) < 4.78 is 15.3. The highest BCUT2D eigenvalue weighted by molar-refractivity contribution is 5.94. The number of rotatable bonds is 5. The third kappa shape index (κ3) is 3.45. The molecule has 1 aliphatic carbocycles. The fourth-order valence-corrected chi connectivity index (χ4v) is 3.09. The molecule has 0 spiro atoms. The quantitative estimate of drug-likeness (QED) is 0.771. The Bertz CT molecular complexity index is 891. The molecule has 1 saturated carbocycles. The molecule has 2 unspecified atom stereocenters. The first kappa shape index (κ1) is 15.6. The summed E-state index contributed by atoms with van der Waals surface area (Å²) in [5.41, 5.74) is 1.77. The molecule has 1 amide bonds. The van der Waals surface area contributed by atoms with Gasteiger partial charge in [-0.05, 0) is 24.0 Å². The second-order valence-corrected chi connectivity index (χ2v) is 6.34. The maximum Gasteiger partial charge on any atom is 0.229 e. The third-order valence-electron chi connectivity index (χ3n) is 4.54. The van der Waals surface area contributed by atoms with Gasteiger partial charge in [-0.1, -0.05) is 48.5 Å². The van der Waals surface area contributed by atoms with E-state index in [2.05, 4.69) is 22.5 Å². The average Bonchev–Trinajstić information content (AvgIpc) is 3.33. The predicted molar refractivity (Wildman–Crippen MR) is 93.6 cm³/mol. The molecule has 1 N–H and O–H groups in total. The molecule has 4 nitrogen and oxygen atoms in total. The Morgan fingerprint density at radius 3 is 2.68 bits per heavy atom. The maximum absolute atomic E-state index is 13.7. The van der Waals surface area contributed by atoms with Crippen molar-refractivity contribution >= 4 is 11.7 Å². The molecule has 25 heavy (non-hydrogen) atoms. The van der Waals surface area contributed by atoms with E-state index in [1.807, 2.05) is 18.2 Å². The number of hydrogen-bond donors (Lipinski definition) is 1. The zero-order valence-corrected chi connectivity index (χ0v) is 13.6. The SMILES string of the molecule is O=C(Nc1ccn(Cc2ccccc2F)n1)C1CC1c1ccccc1. The van der Waals surface area contributed by atoms with Gasteiger partial charge in [0, 0.05) is 23.7 Å². The van der Waals surface area contributed by atoms with Crippen molar-refractivity contribution < 1.29 is 9.18 Å². The number of aromatic nitrogens is 2. The van der Waals surface area contributed by atoms with E-state index in [1.165, 1.54) is 11.6 Å². The number of carbonyl (C=O) groups excluding carboxylic acids is 1. The summed E-state index contributed by atoms with van der Waals surface area (Å²) >= 11 is 0. The zero-order chi connectivity index (χ0) is 17.2. The molecule has 1 aliphatic rings. The van der Waals surface area contributed by atoms with Gasteiger partial charge in [-0.15, -0.1) is 0 Å². The van der Waals surface area contributed by atoms with Gasteiger partial charge in [-0.3, -0.25) is 9.48 Å². The molecule has 5 heteroatoms. The largest absolute Gasteiger partial charge is 0.309 e. The van der Waals surface area contributed by atoms with Crippen LogP contribution in [0.15, 0.2) is 66.9 Å². The van der Waals surface area contributed by atoms with Crippen molar-refractivity contribution in [2.45, 2.75) is 18.9 Å². The summed E-state index contributed by atoms with van der Waals surface area (Å²) in [5.74, 6) is 0.526. The van der Waals surface area contributed by atoms with Crippen LogP contribution in [0, 0.1) is 11.7 Å². The highest BCUT2D eigenvalue weighted by atomic mass is 19.1. The average molecular weight is 335 g/mol. The molecule has 0 saturated heterocycles. The molecule has 2 aromatic carbocycles. The van der Waals surface area contributed by atoms with Gasteiger partial charge in [0.1, 0.15) is 5.82 Å². The van der Waals surface area contributed by atoms with Crippen LogP contribution in [-0.2, 0) is 11.3 Å². The van der Waals surface area contributed by atoms with Crippen LogP contribution in [0.5, 0.6) is 0 Å². The highest BCUT2D eigenvalue weighted by Crippen LogP contribution is 2.47. The Kier molecular flexibility index (Phi) is 4.06. The lowest BCUT2D eigenvalue weighted by Gasteiger charge is -2.04. The van der Waals surface area contributed by atoms with Gasteiger partial charge >= 0.3 is 0 Å². The van der Waals surface area contributed by atoms with E-state index in [9.17, 15) is 9.18 Å². The second-order valence-electron chi connectivity index (χ2n) is 6.34. The number of hydrogen-bond acceptors (Lipinski definition) is 2. The van der Waals surface area contributed by atoms with Crippen LogP contribution >= 0.6 is 0 Å². The van der Waals surface area contributed by atoms with Crippen LogP contribution in [-0.4, -0.2) is 15.7 Å². The lowest BCUT2D eigenvalue weighted by atomic mass is 10.1. The zero-order valence-electron chi connectivity index (χ0n) is 13.6. The molecule has 0 bridgehead atoms. The van der Waals surface area contributed by atoms with Gasteiger partial charge in [0.25, 0.3) is 0 Å². The minimum atomic E-state index is -0.257. The molecule has 0 aliphatic heterocycles. The van der Waals surface area contributed by atoms with Gasteiger partial charge in [0.05, 0.1) is 6.54 Å². The number of amides is 1. The molecule has 1 heterocycles. The Morgan fingerprint density at radius 1 is 1.12 bits per heavy atom. The molecule has 1 aromatic heterocycles. The van der Waals surface area contributed by atoms with Crippen LogP contribution in [0.4, 0.5) is 10.2 Å². The van der Waals surface area contributed by atoms with Crippen molar-refractivity contribution in [1.82, 2.24) is 9.78 Å². The fraction of sp³-hybridized carbons (Fsp3) is 0.200. The molecule has 0 radical (unpaired) electrons. The van der Waals surface area contributed by atoms with Crippen molar-refractivity contribution in [2.75, 3.05) is 5.32 Å². The Morgan fingerprint density at radius 2 is 1.88 bits per heavy atom. The first-order chi connectivity index (χ1) is 12.2. The normalized spacial score (nSPS) is 18.8. The summed E-state index contributed by atoms with van der Waals surface area (Å²) in [6, 6.07) is 18.4. The topological polar surface area (TPSA) is 46.9 Å². The van der Waals surface area contributed by atoms with E-state index < -0.39 is 0 Å². The number of benzene rings is 2. The Labute approximate surface area is 145 Å². The summed E-state index contributed by atoms with van der Waals surface area (Å²) in [6.07, 6.45) is 2.61.